The van der Waals surface area contributed by atoms with Gasteiger partial charge < -0.3 is 15.8 Å². The zero-order chi connectivity index (χ0) is 12.8. The van der Waals surface area contributed by atoms with E-state index in [4.69, 9.17) is 10.5 Å². The molecule has 7 heteroatoms. The molecule has 0 spiro atoms. The summed E-state index contributed by atoms with van der Waals surface area (Å²) in [5.74, 6) is -0.170. The van der Waals surface area contributed by atoms with E-state index in [0.29, 0.717) is 0 Å². The smallest absolute Gasteiger partial charge is 0.238 e. The zero-order valence-corrected chi connectivity index (χ0v) is 12.8. The van der Waals surface area contributed by atoms with Gasteiger partial charge in [-0.25, -0.2) is 0 Å². The monoisotopic (exact) mass is 321 g/mol. The van der Waals surface area contributed by atoms with Crippen LogP contribution in [0.5, 0.6) is 0 Å². The second kappa shape index (κ2) is 9.96. The summed E-state index contributed by atoms with van der Waals surface area (Å²) in [6.45, 7) is 4.51. The number of carbonyl (C=O) groups is 1. The number of rotatable bonds is 4. The van der Waals surface area contributed by atoms with Crippen molar-refractivity contribution in [3.05, 3.63) is 29.8 Å². The molecule has 5 nitrogen and oxygen atoms in total. The number of benzene rings is 1. The molecule has 1 aromatic carbocycles. The average molecular weight is 322 g/mol. The fraction of sp³-hybridized carbons (Fsp3) is 0.462. The first-order valence-corrected chi connectivity index (χ1v) is 6.17. The SMILES string of the molecule is Cl.Cl.NCC(=O)Nc1ccc(CN2CCOCC2)cc1. The fourth-order valence-electron chi connectivity index (χ4n) is 1.92. The van der Waals surface area contributed by atoms with Gasteiger partial charge in [-0.2, -0.15) is 0 Å². The van der Waals surface area contributed by atoms with Crippen molar-refractivity contribution in [3.8, 4) is 0 Å². The Kier molecular flexibility index (Phi) is 9.54. The van der Waals surface area contributed by atoms with Crippen molar-refractivity contribution in [2.75, 3.05) is 38.2 Å². The molecular formula is C13H21Cl2N3O2. The summed E-state index contributed by atoms with van der Waals surface area (Å²) in [6.07, 6.45) is 0. The van der Waals surface area contributed by atoms with Crippen LogP contribution in [0.3, 0.4) is 0 Å². The van der Waals surface area contributed by atoms with E-state index in [0.717, 1.165) is 38.5 Å². The highest BCUT2D eigenvalue weighted by Crippen LogP contribution is 2.12. The number of amides is 1. The van der Waals surface area contributed by atoms with Crippen molar-refractivity contribution >= 4 is 36.4 Å². The van der Waals surface area contributed by atoms with Gasteiger partial charge in [-0.05, 0) is 17.7 Å². The molecule has 0 atom stereocenters. The summed E-state index contributed by atoms with van der Waals surface area (Å²) in [5.41, 5.74) is 7.27. The Bertz CT molecular complexity index is 395. The second-order valence-electron chi connectivity index (χ2n) is 4.34. The molecule has 1 aliphatic rings. The predicted octanol–water partition coefficient (Wildman–Crippen LogP) is 1.26. The summed E-state index contributed by atoms with van der Waals surface area (Å²) < 4.78 is 5.31. The maximum atomic E-state index is 11.1. The summed E-state index contributed by atoms with van der Waals surface area (Å²) in [4.78, 5) is 13.5. The van der Waals surface area contributed by atoms with Crippen LogP contribution in [0.25, 0.3) is 0 Å². The van der Waals surface area contributed by atoms with Gasteiger partial charge >= 0.3 is 0 Å². The third kappa shape index (κ3) is 6.07. The van der Waals surface area contributed by atoms with Crippen LogP contribution in [0.2, 0.25) is 0 Å². The molecule has 20 heavy (non-hydrogen) atoms. The van der Waals surface area contributed by atoms with Crippen molar-refractivity contribution < 1.29 is 9.53 Å². The number of nitrogens with zero attached hydrogens (tertiary/aromatic N) is 1. The summed E-state index contributed by atoms with van der Waals surface area (Å²) in [5, 5.41) is 2.72. The van der Waals surface area contributed by atoms with Crippen LogP contribution in [0.1, 0.15) is 5.56 Å². The molecule has 1 aliphatic heterocycles. The second-order valence-corrected chi connectivity index (χ2v) is 4.34. The Balaban J connectivity index is 0.00000180. The molecule has 114 valence electrons. The van der Waals surface area contributed by atoms with Gasteiger partial charge in [0, 0.05) is 25.3 Å². The molecule has 1 fully saturated rings. The Morgan fingerprint density at radius 2 is 1.80 bits per heavy atom. The molecule has 2 rings (SSSR count). The van der Waals surface area contributed by atoms with E-state index < -0.39 is 0 Å². The molecule has 3 N–H and O–H groups in total. The Hall–Kier alpha value is -0.850. The largest absolute Gasteiger partial charge is 0.379 e. The maximum Gasteiger partial charge on any atom is 0.238 e. The number of halogens is 2. The maximum absolute atomic E-state index is 11.1. The van der Waals surface area contributed by atoms with Crippen LogP contribution >= 0.6 is 24.8 Å². The zero-order valence-electron chi connectivity index (χ0n) is 11.2. The van der Waals surface area contributed by atoms with Gasteiger partial charge in [0.2, 0.25) is 5.91 Å². The van der Waals surface area contributed by atoms with Gasteiger partial charge in [0.1, 0.15) is 0 Å². The van der Waals surface area contributed by atoms with E-state index in [-0.39, 0.29) is 37.3 Å². The van der Waals surface area contributed by atoms with Crippen molar-refractivity contribution in [2.45, 2.75) is 6.54 Å². The van der Waals surface area contributed by atoms with E-state index >= 15 is 0 Å². The number of anilines is 1. The van der Waals surface area contributed by atoms with Crippen molar-refractivity contribution in [3.63, 3.8) is 0 Å². The summed E-state index contributed by atoms with van der Waals surface area (Å²) in [6, 6.07) is 7.87. The number of hydrogen-bond donors (Lipinski definition) is 2. The van der Waals surface area contributed by atoms with Crippen LogP contribution in [-0.2, 0) is 16.1 Å². The van der Waals surface area contributed by atoms with E-state index in [9.17, 15) is 4.79 Å². The van der Waals surface area contributed by atoms with Crippen LogP contribution in [-0.4, -0.2) is 43.7 Å². The Morgan fingerprint density at radius 3 is 2.35 bits per heavy atom. The van der Waals surface area contributed by atoms with Gasteiger partial charge in [-0.1, -0.05) is 12.1 Å². The minimum absolute atomic E-state index is 0. The molecule has 0 bridgehead atoms. The number of nitrogens with one attached hydrogen (secondary N) is 1. The van der Waals surface area contributed by atoms with E-state index in [1.165, 1.54) is 5.56 Å². The first kappa shape index (κ1) is 19.1. The third-order valence-corrected chi connectivity index (χ3v) is 2.93. The molecule has 0 aromatic heterocycles. The number of ether oxygens (including phenoxy) is 1. The van der Waals surface area contributed by atoms with Crippen LogP contribution in [0.15, 0.2) is 24.3 Å². The van der Waals surface area contributed by atoms with E-state index in [1.54, 1.807) is 0 Å². The minimum Gasteiger partial charge on any atom is -0.379 e. The first-order valence-electron chi connectivity index (χ1n) is 6.17. The topological polar surface area (TPSA) is 67.6 Å². The summed E-state index contributed by atoms with van der Waals surface area (Å²) in [7, 11) is 0. The molecular weight excluding hydrogens is 301 g/mol. The standard InChI is InChI=1S/C13H19N3O2.2ClH/c14-9-13(17)15-12-3-1-11(2-4-12)10-16-5-7-18-8-6-16;;/h1-4H,5-10,14H2,(H,15,17);2*1H. The van der Waals surface area contributed by atoms with Gasteiger partial charge in [0.25, 0.3) is 0 Å². The predicted molar refractivity (Wildman–Crippen MR) is 84.7 cm³/mol. The Labute approximate surface area is 131 Å². The lowest BCUT2D eigenvalue weighted by Gasteiger charge is -2.26. The van der Waals surface area contributed by atoms with Crippen molar-refractivity contribution in [1.82, 2.24) is 4.90 Å². The molecule has 1 aromatic rings. The van der Waals surface area contributed by atoms with Crippen LogP contribution < -0.4 is 11.1 Å². The van der Waals surface area contributed by atoms with E-state index in [2.05, 4.69) is 10.2 Å². The van der Waals surface area contributed by atoms with Crippen molar-refractivity contribution in [1.29, 1.82) is 0 Å². The number of nitrogens with two attached hydrogens (primary N) is 1. The lowest BCUT2D eigenvalue weighted by molar-refractivity contribution is -0.114. The highest BCUT2D eigenvalue weighted by atomic mass is 35.5. The Morgan fingerprint density at radius 1 is 1.20 bits per heavy atom. The molecule has 0 radical (unpaired) electrons. The highest BCUT2D eigenvalue weighted by molar-refractivity contribution is 5.92. The minimum atomic E-state index is -0.170. The number of morpholine rings is 1. The van der Waals surface area contributed by atoms with E-state index in [1.807, 2.05) is 24.3 Å². The fourth-order valence-corrected chi connectivity index (χ4v) is 1.92. The molecule has 0 unspecified atom stereocenters. The third-order valence-electron chi connectivity index (χ3n) is 2.93. The van der Waals surface area contributed by atoms with Crippen LogP contribution in [0.4, 0.5) is 5.69 Å². The number of hydrogen-bond acceptors (Lipinski definition) is 4. The van der Waals surface area contributed by atoms with Crippen molar-refractivity contribution in [2.24, 2.45) is 5.73 Å². The van der Waals surface area contributed by atoms with Crippen LogP contribution in [0, 0.1) is 0 Å². The molecule has 0 saturated carbocycles. The van der Waals surface area contributed by atoms with Gasteiger partial charge in [-0.3, -0.25) is 9.69 Å². The molecule has 1 amide bonds. The lowest BCUT2D eigenvalue weighted by Crippen LogP contribution is -2.35. The lowest BCUT2D eigenvalue weighted by atomic mass is 10.2. The average Bonchev–Trinajstić information content (AvgIpc) is 2.42. The molecule has 1 saturated heterocycles. The van der Waals surface area contributed by atoms with Gasteiger partial charge in [-0.15, -0.1) is 24.8 Å². The number of carbonyl (C=O) groups excluding carboxylic acids is 1. The van der Waals surface area contributed by atoms with Gasteiger partial charge in [0.15, 0.2) is 0 Å². The first-order chi connectivity index (χ1) is 8.78. The molecule has 0 aliphatic carbocycles. The normalized spacial score (nSPS) is 14.8. The summed E-state index contributed by atoms with van der Waals surface area (Å²) >= 11 is 0. The quantitative estimate of drug-likeness (QED) is 0.876. The van der Waals surface area contributed by atoms with Gasteiger partial charge in [0.05, 0.1) is 19.8 Å². The molecule has 1 heterocycles. The highest BCUT2D eigenvalue weighted by Gasteiger charge is 2.10.